The van der Waals surface area contributed by atoms with Crippen molar-refractivity contribution in [1.29, 1.82) is 0 Å². The van der Waals surface area contributed by atoms with Crippen LogP contribution >= 0.6 is 0 Å². The number of carbonyl (C=O) groups excluding carboxylic acids is 1. The lowest BCUT2D eigenvalue weighted by molar-refractivity contribution is -0.174. The van der Waals surface area contributed by atoms with Crippen LogP contribution in [-0.2, 0) is 14.8 Å². The van der Waals surface area contributed by atoms with Gasteiger partial charge in [0, 0.05) is 45.4 Å². The van der Waals surface area contributed by atoms with Crippen molar-refractivity contribution in [3.8, 4) is 0 Å². The van der Waals surface area contributed by atoms with Gasteiger partial charge in [-0.3, -0.25) is 9.69 Å². The Morgan fingerprint density at radius 1 is 1.19 bits per heavy atom. The van der Waals surface area contributed by atoms with Crippen molar-refractivity contribution in [2.75, 3.05) is 45.9 Å². The number of amides is 1. The van der Waals surface area contributed by atoms with Crippen LogP contribution in [-0.4, -0.2) is 82.3 Å². The molecule has 0 atom stereocenters. The van der Waals surface area contributed by atoms with E-state index >= 15 is 0 Å². The van der Waals surface area contributed by atoms with E-state index in [1.807, 2.05) is 4.90 Å². The van der Waals surface area contributed by atoms with Gasteiger partial charge in [0.15, 0.2) is 0 Å². The summed E-state index contributed by atoms with van der Waals surface area (Å²) >= 11 is 0. The van der Waals surface area contributed by atoms with E-state index in [2.05, 4.69) is 9.46 Å². The van der Waals surface area contributed by atoms with Gasteiger partial charge in [0.25, 0.3) is 5.91 Å². The summed E-state index contributed by atoms with van der Waals surface area (Å²) in [5.74, 6) is -1.41. The molecule has 1 aliphatic heterocycles. The first-order valence-electron chi connectivity index (χ1n) is 9.87. The molecular weight excluding hydrogens is 442 g/mol. The Labute approximate surface area is 179 Å². The highest BCUT2D eigenvalue weighted by Crippen LogP contribution is 2.19. The smallest absolute Gasteiger partial charge is 0.372 e. The molecule has 12 heteroatoms. The Kier molecular flexibility index (Phi) is 8.81. The SMILES string of the molecule is CC(C)NS(=O)(=O)c1ccc(F)c(C(=O)N2CCN(CCCOCC(F)(F)F)CC2)c1. The first kappa shape index (κ1) is 25.5. The van der Waals surface area contributed by atoms with E-state index in [1.165, 1.54) is 4.90 Å². The zero-order chi connectivity index (χ0) is 23.2. The van der Waals surface area contributed by atoms with Gasteiger partial charge in [0.1, 0.15) is 12.4 Å². The lowest BCUT2D eigenvalue weighted by atomic mass is 10.1. The maximum Gasteiger partial charge on any atom is 0.411 e. The molecule has 7 nitrogen and oxygen atoms in total. The number of sulfonamides is 1. The minimum atomic E-state index is -4.34. The number of piperazine rings is 1. The second-order valence-electron chi connectivity index (χ2n) is 7.57. The van der Waals surface area contributed by atoms with Gasteiger partial charge in [-0.15, -0.1) is 0 Å². The number of alkyl halides is 3. The normalized spacial score (nSPS) is 16.2. The third-order valence-electron chi connectivity index (χ3n) is 4.56. The van der Waals surface area contributed by atoms with Crippen LogP contribution in [0.25, 0.3) is 0 Å². The predicted molar refractivity (Wildman–Crippen MR) is 106 cm³/mol. The average Bonchev–Trinajstić information content (AvgIpc) is 2.66. The molecule has 1 saturated heterocycles. The fourth-order valence-electron chi connectivity index (χ4n) is 3.14. The highest BCUT2D eigenvalue weighted by molar-refractivity contribution is 7.89. The molecular formula is C19H27F4N3O4S. The molecule has 1 aromatic carbocycles. The number of hydrogen-bond donors (Lipinski definition) is 1. The second-order valence-corrected chi connectivity index (χ2v) is 9.29. The molecule has 1 N–H and O–H groups in total. The zero-order valence-electron chi connectivity index (χ0n) is 17.4. The zero-order valence-corrected chi connectivity index (χ0v) is 18.2. The Bertz CT molecular complexity index is 854. The summed E-state index contributed by atoms with van der Waals surface area (Å²) in [4.78, 5) is 16.0. The van der Waals surface area contributed by atoms with Crippen molar-refractivity contribution < 1.29 is 35.5 Å². The molecule has 1 heterocycles. The summed E-state index contributed by atoms with van der Waals surface area (Å²) in [6.45, 7) is 4.05. The molecule has 1 amide bonds. The molecule has 1 aromatic rings. The van der Waals surface area contributed by atoms with Crippen LogP contribution in [0.1, 0.15) is 30.6 Å². The Balaban J connectivity index is 1.90. The van der Waals surface area contributed by atoms with Crippen molar-refractivity contribution in [3.05, 3.63) is 29.6 Å². The van der Waals surface area contributed by atoms with Crippen LogP contribution < -0.4 is 4.72 Å². The van der Waals surface area contributed by atoms with Crippen molar-refractivity contribution in [2.45, 2.75) is 37.4 Å². The largest absolute Gasteiger partial charge is 0.411 e. The standard InChI is InChI=1S/C19H27F4N3O4S/c1-14(2)24-31(28,29)15-4-5-17(20)16(12-15)18(27)26-9-7-25(8-10-26)6-3-11-30-13-19(21,22)23/h4-5,12,14,24H,3,6-11,13H2,1-2H3. The molecule has 0 spiro atoms. The lowest BCUT2D eigenvalue weighted by Gasteiger charge is -2.34. The van der Waals surface area contributed by atoms with Gasteiger partial charge in [-0.05, 0) is 38.5 Å². The van der Waals surface area contributed by atoms with E-state index in [-0.39, 0.29) is 23.1 Å². The number of rotatable bonds is 9. The number of carbonyl (C=O) groups is 1. The van der Waals surface area contributed by atoms with E-state index in [4.69, 9.17) is 0 Å². The second kappa shape index (κ2) is 10.7. The third-order valence-corrected chi connectivity index (χ3v) is 6.21. The fraction of sp³-hybridized carbons (Fsp3) is 0.632. The van der Waals surface area contributed by atoms with Crippen LogP contribution in [0.5, 0.6) is 0 Å². The molecule has 0 bridgehead atoms. The number of benzene rings is 1. The third kappa shape index (κ3) is 8.02. The highest BCUT2D eigenvalue weighted by atomic mass is 32.2. The van der Waals surface area contributed by atoms with Crippen LogP contribution in [0.2, 0.25) is 0 Å². The van der Waals surface area contributed by atoms with Gasteiger partial charge in [-0.1, -0.05) is 0 Å². The topological polar surface area (TPSA) is 79.0 Å². The summed E-state index contributed by atoms with van der Waals surface area (Å²) in [5, 5.41) is 0. The summed E-state index contributed by atoms with van der Waals surface area (Å²) in [5.41, 5.74) is -0.319. The van der Waals surface area contributed by atoms with E-state index in [9.17, 15) is 30.8 Å². The van der Waals surface area contributed by atoms with Gasteiger partial charge in [-0.25, -0.2) is 17.5 Å². The molecule has 0 aromatic heterocycles. The maximum absolute atomic E-state index is 14.3. The van der Waals surface area contributed by atoms with Crippen molar-refractivity contribution in [1.82, 2.24) is 14.5 Å². The monoisotopic (exact) mass is 469 g/mol. The molecule has 0 unspecified atom stereocenters. The highest BCUT2D eigenvalue weighted by Gasteiger charge is 2.28. The summed E-state index contributed by atoms with van der Waals surface area (Å²) in [6.07, 6.45) is -3.93. The molecule has 31 heavy (non-hydrogen) atoms. The van der Waals surface area contributed by atoms with E-state index in [1.54, 1.807) is 13.8 Å². The molecule has 176 valence electrons. The summed E-state index contributed by atoms with van der Waals surface area (Å²) < 4.78 is 81.9. The van der Waals surface area contributed by atoms with Crippen molar-refractivity contribution >= 4 is 15.9 Å². The fourth-order valence-corrected chi connectivity index (χ4v) is 4.41. The minimum Gasteiger partial charge on any atom is -0.372 e. The van der Waals surface area contributed by atoms with Crippen LogP contribution in [0.3, 0.4) is 0 Å². The first-order chi connectivity index (χ1) is 14.4. The Hall–Kier alpha value is -1.76. The number of ether oxygens (including phenoxy) is 1. The van der Waals surface area contributed by atoms with Gasteiger partial charge in [0.2, 0.25) is 10.0 Å². The quantitative estimate of drug-likeness (QED) is 0.443. The van der Waals surface area contributed by atoms with E-state index < -0.39 is 34.5 Å². The number of halogens is 4. The first-order valence-corrected chi connectivity index (χ1v) is 11.4. The van der Waals surface area contributed by atoms with Gasteiger partial charge >= 0.3 is 6.18 Å². The number of hydrogen-bond acceptors (Lipinski definition) is 5. The molecule has 1 fully saturated rings. The lowest BCUT2D eigenvalue weighted by Crippen LogP contribution is -2.49. The van der Waals surface area contributed by atoms with Gasteiger partial charge in [0.05, 0.1) is 10.5 Å². The van der Waals surface area contributed by atoms with Crippen molar-refractivity contribution in [2.24, 2.45) is 0 Å². The number of nitrogens with one attached hydrogen (secondary N) is 1. The van der Waals surface area contributed by atoms with Crippen LogP contribution in [0, 0.1) is 5.82 Å². The Morgan fingerprint density at radius 3 is 2.42 bits per heavy atom. The summed E-state index contributed by atoms with van der Waals surface area (Å²) in [6, 6.07) is 2.74. The molecule has 1 aliphatic rings. The molecule has 0 saturated carbocycles. The molecule has 0 aliphatic carbocycles. The number of nitrogens with zero attached hydrogens (tertiary/aromatic N) is 2. The van der Waals surface area contributed by atoms with E-state index in [0.717, 1.165) is 18.2 Å². The van der Waals surface area contributed by atoms with Gasteiger partial charge in [-0.2, -0.15) is 13.2 Å². The minimum absolute atomic E-state index is 0.0183. The van der Waals surface area contributed by atoms with Crippen LogP contribution in [0.4, 0.5) is 17.6 Å². The van der Waals surface area contributed by atoms with Gasteiger partial charge < -0.3 is 9.64 Å². The maximum atomic E-state index is 14.3. The van der Waals surface area contributed by atoms with Crippen LogP contribution in [0.15, 0.2) is 23.1 Å². The Morgan fingerprint density at radius 2 is 1.84 bits per heavy atom. The summed E-state index contributed by atoms with van der Waals surface area (Å²) in [7, 11) is -3.87. The predicted octanol–water partition coefficient (Wildman–Crippen LogP) is 2.24. The van der Waals surface area contributed by atoms with Crippen molar-refractivity contribution in [3.63, 3.8) is 0 Å². The molecule has 2 rings (SSSR count). The average molecular weight is 470 g/mol. The molecule has 0 radical (unpaired) electrons. The van der Waals surface area contributed by atoms with E-state index in [0.29, 0.717) is 39.1 Å².